The predicted molar refractivity (Wildman–Crippen MR) is 64.5 cm³/mol. The molecule has 3 unspecified atom stereocenters. The monoisotopic (exact) mass is 264 g/mol. The van der Waals surface area contributed by atoms with Gasteiger partial charge in [-0.2, -0.15) is 0 Å². The van der Waals surface area contributed by atoms with Gasteiger partial charge in [-0.1, -0.05) is 6.92 Å². The van der Waals surface area contributed by atoms with Gasteiger partial charge in [0.1, 0.15) is 5.82 Å². The van der Waals surface area contributed by atoms with Gasteiger partial charge in [0.15, 0.2) is 0 Å². The third-order valence-corrected chi connectivity index (χ3v) is 4.15. The van der Waals surface area contributed by atoms with E-state index in [0.717, 1.165) is 12.8 Å². The molecule has 2 aliphatic heterocycles. The minimum absolute atomic E-state index is 0.0298. The van der Waals surface area contributed by atoms with Gasteiger partial charge in [0, 0.05) is 18.5 Å². The fourth-order valence-electron chi connectivity index (χ4n) is 3.24. The van der Waals surface area contributed by atoms with Crippen LogP contribution in [0.25, 0.3) is 0 Å². The van der Waals surface area contributed by atoms with Gasteiger partial charge in [-0.15, -0.1) is 5.10 Å². The van der Waals surface area contributed by atoms with Crippen LogP contribution in [-0.4, -0.2) is 49.1 Å². The number of aryl methyl sites for hydroxylation is 1. The third-order valence-electron chi connectivity index (χ3n) is 4.15. The number of carbonyl (C=O) groups is 2. The molecule has 7 nitrogen and oxygen atoms in total. The third kappa shape index (κ3) is 1.80. The molecule has 0 spiro atoms. The lowest BCUT2D eigenvalue weighted by Crippen LogP contribution is -2.38. The molecular weight excluding hydrogens is 248 g/mol. The van der Waals surface area contributed by atoms with Crippen LogP contribution >= 0.6 is 0 Å². The summed E-state index contributed by atoms with van der Waals surface area (Å²) in [5.74, 6) is -0.668. The highest BCUT2D eigenvalue weighted by atomic mass is 16.4. The van der Waals surface area contributed by atoms with Crippen LogP contribution in [0.5, 0.6) is 0 Å². The van der Waals surface area contributed by atoms with E-state index in [4.69, 9.17) is 0 Å². The Bertz CT molecular complexity index is 527. The number of carbonyl (C=O) groups excluding carboxylic acids is 1. The standard InChI is InChI=1S/C12H16N4O3/c1-2-9-13-10(15-14-9)11(17)16-6-3-4-8(16)7(5-6)12(18)19/h6-8H,2-5H2,1H3,(H,18,19)(H,13,14,15). The molecule has 3 atom stereocenters. The first-order valence-corrected chi connectivity index (χ1v) is 6.58. The van der Waals surface area contributed by atoms with Gasteiger partial charge >= 0.3 is 5.97 Å². The van der Waals surface area contributed by atoms with Crippen LogP contribution in [0.1, 0.15) is 42.6 Å². The number of fused-ring (bicyclic) bond motifs is 2. The van der Waals surface area contributed by atoms with Crippen molar-refractivity contribution in [3.05, 3.63) is 11.6 Å². The number of aliphatic carboxylic acids is 1. The number of nitrogens with zero attached hydrogens (tertiary/aromatic N) is 3. The van der Waals surface area contributed by atoms with E-state index in [-0.39, 0.29) is 23.8 Å². The van der Waals surface area contributed by atoms with Crippen molar-refractivity contribution in [2.45, 2.75) is 44.7 Å². The Kier molecular flexibility index (Phi) is 2.76. The van der Waals surface area contributed by atoms with Crippen molar-refractivity contribution >= 4 is 11.9 Å². The van der Waals surface area contributed by atoms with Crippen LogP contribution < -0.4 is 0 Å². The van der Waals surface area contributed by atoms with Crippen molar-refractivity contribution in [3.8, 4) is 0 Å². The van der Waals surface area contributed by atoms with Gasteiger partial charge in [-0.25, -0.2) is 4.98 Å². The summed E-state index contributed by atoms with van der Waals surface area (Å²) < 4.78 is 0. The fraction of sp³-hybridized carbons (Fsp3) is 0.667. The molecule has 0 saturated carbocycles. The first-order chi connectivity index (χ1) is 9.11. The number of carboxylic acid groups (broad SMARTS) is 1. The van der Waals surface area contributed by atoms with Gasteiger partial charge in [0.2, 0.25) is 5.82 Å². The molecule has 2 N–H and O–H groups in total. The van der Waals surface area contributed by atoms with E-state index in [9.17, 15) is 14.7 Å². The van der Waals surface area contributed by atoms with E-state index in [1.807, 2.05) is 6.92 Å². The molecule has 2 aliphatic rings. The number of H-pyrrole nitrogens is 1. The van der Waals surface area contributed by atoms with Crippen LogP contribution in [0, 0.1) is 5.92 Å². The normalized spacial score (nSPS) is 28.9. The Balaban J connectivity index is 1.83. The smallest absolute Gasteiger partial charge is 0.308 e. The van der Waals surface area contributed by atoms with Crippen molar-refractivity contribution in [1.29, 1.82) is 0 Å². The van der Waals surface area contributed by atoms with E-state index >= 15 is 0 Å². The summed E-state index contributed by atoms with van der Waals surface area (Å²) in [5, 5.41) is 15.8. The van der Waals surface area contributed by atoms with Crippen LogP contribution in [-0.2, 0) is 11.2 Å². The highest BCUT2D eigenvalue weighted by Gasteiger charge is 2.52. The molecule has 7 heteroatoms. The molecule has 2 saturated heterocycles. The molecule has 2 bridgehead atoms. The lowest BCUT2D eigenvalue weighted by molar-refractivity contribution is -0.142. The maximum atomic E-state index is 12.4. The van der Waals surface area contributed by atoms with Gasteiger partial charge in [-0.3, -0.25) is 14.7 Å². The molecule has 0 aromatic carbocycles. The van der Waals surface area contributed by atoms with Gasteiger partial charge in [-0.05, 0) is 19.3 Å². The SMILES string of the molecule is CCc1nc(C(=O)N2C3CCC2C(C(=O)O)C3)n[nH]1. The van der Waals surface area contributed by atoms with Gasteiger partial charge in [0.25, 0.3) is 5.91 Å². The summed E-state index contributed by atoms with van der Waals surface area (Å²) in [4.78, 5) is 29.4. The molecule has 1 amide bonds. The Labute approximate surface area is 110 Å². The van der Waals surface area contributed by atoms with E-state index in [1.165, 1.54) is 0 Å². The number of aromatic amines is 1. The Hall–Kier alpha value is -1.92. The molecule has 0 radical (unpaired) electrons. The predicted octanol–water partition coefficient (Wildman–Crippen LogP) is 0.445. The zero-order valence-corrected chi connectivity index (χ0v) is 10.7. The van der Waals surface area contributed by atoms with Crippen molar-refractivity contribution in [3.63, 3.8) is 0 Å². The minimum Gasteiger partial charge on any atom is -0.481 e. The van der Waals surface area contributed by atoms with Crippen molar-refractivity contribution < 1.29 is 14.7 Å². The summed E-state index contributed by atoms with van der Waals surface area (Å²) in [6, 6.07) is -0.166. The lowest BCUT2D eigenvalue weighted by Gasteiger charge is -2.21. The molecule has 2 fully saturated rings. The van der Waals surface area contributed by atoms with Crippen molar-refractivity contribution in [1.82, 2.24) is 20.1 Å². The average Bonchev–Trinajstić information content (AvgIpc) is 3.11. The number of rotatable bonds is 3. The largest absolute Gasteiger partial charge is 0.481 e. The van der Waals surface area contributed by atoms with E-state index < -0.39 is 11.9 Å². The molecule has 19 heavy (non-hydrogen) atoms. The molecule has 3 rings (SSSR count). The van der Waals surface area contributed by atoms with E-state index in [2.05, 4.69) is 15.2 Å². The second-order valence-electron chi connectivity index (χ2n) is 5.15. The molecule has 3 heterocycles. The molecular formula is C12H16N4O3. The summed E-state index contributed by atoms with van der Waals surface area (Å²) >= 11 is 0. The molecule has 102 valence electrons. The summed E-state index contributed by atoms with van der Waals surface area (Å²) in [7, 11) is 0. The first kappa shape index (κ1) is 12.1. The van der Waals surface area contributed by atoms with Crippen LogP contribution in [0.4, 0.5) is 0 Å². The first-order valence-electron chi connectivity index (χ1n) is 6.58. The topological polar surface area (TPSA) is 99.2 Å². The number of hydrogen-bond donors (Lipinski definition) is 2. The van der Waals surface area contributed by atoms with Crippen LogP contribution in [0.15, 0.2) is 0 Å². The average molecular weight is 264 g/mol. The zero-order chi connectivity index (χ0) is 13.6. The number of amides is 1. The highest BCUT2D eigenvalue weighted by molar-refractivity contribution is 5.92. The second kappa shape index (κ2) is 4.32. The lowest BCUT2D eigenvalue weighted by atomic mass is 9.89. The number of carboxylic acids is 1. The van der Waals surface area contributed by atoms with Crippen LogP contribution in [0.2, 0.25) is 0 Å². The van der Waals surface area contributed by atoms with Gasteiger partial charge < -0.3 is 10.0 Å². The summed E-state index contributed by atoms with van der Waals surface area (Å²) in [5.41, 5.74) is 0. The van der Waals surface area contributed by atoms with Gasteiger partial charge in [0.05, 0.1) is 5.92 Å². The fourth-order valence-corrected chi connectivity index (χ4v) is 3.24. The Morgan fingerprint density at radius 2 is 2.26 bits per heavy atom. The highest BCUT2D eigenvalue weighted by Crippen LogP contribution is 2.42. The van der Waals surface area contributed by atoms with Crippen molar-refractivity contribution in [2.24, 2.45) is 5.92 Å². The molecule has 1 aromatic heterocycles. The number of hydrogen-bond acceptors (Lipinski definition) is 4. The minimum atomic E-state index is -0.811. The Morgan fingerprint density at radius 1 is 1.47 bits per heavy atom. The summed E-state index contributed by atoms with van der Waals surface area (Å²) in [6.45, 7) is 1.93. The number of aromatic nitrogens is 3. The van der Waals surface area contributed by atoms with E-state index in [1.54, 1.807) is 4.90 Å². The maximum absolute atomic E-state index is 12.4. The van der Waals surface area contributed by atoms with Crippen molar-refractivity contribution in [2.75, 3.05) is 0 Å². The molecule has 0 aliphatic carbocycles. The number of nitrogens with one attached hydrogen (secondary N) is 1. The summed E-state index contributed by atoms with van der Waals surface area (Å²) in [6.07, 6.45) is 2.88. The second-order valence-corrected chi connectivity index (χ2v) is 5.15. The van der Waals surface area contributed by atoms with Crippen LogP contribution in [0.3, 0.4) is 0 Å². The van der Waals surface area contributed by atoms with E-state index in [0.29, 0.717) is 18.7 Å². The quantitative estimate of drug-likeness (QED) is 0.825. The molecule has 1 aromatic rings. The maximum Gasteiger partial charge on any atom is 0.308 e. The zero-order valence-electron chi connectivity index (χ0n) is 10.7. The Morgan fingerprint density at radius 3 is 2.84 bits per heavy atom.